The maximum absolute atomic E-state index is 12.5. The zero-order valence-electron chi connectivity index (χ0n) is 15.9. The Morgan fingerprint density at radius 3 is 2.41 bits per heavy atom. The van der Waals surface area contributed by atoms with Gasteiger partial charge in [0, 0.05) is 12.2 Å². The van der Waals surface area contributed by atoms with Gasteiger partial charge in [-0.05, 0) is 56.2 Å². The van der Waals surface area contributed by atoms with Crippen LogP contribution in [0, 0.1) is 13.8 Å². The second kappa shape index (κ2) is 9.41. The first-order valence-corrected chi connectivity index (χ1v) is 10.4. The number of benzene rings is 2. The van der Waals surface area contributed by atoms with Crippen LogP contribution in [0.4, 0.5) is 5.69 Å². The van der Waals surface area contributed by atoms with E-state index in [4.69, 9.17) is 4.74 Å². The van der Waals surface area contributed by atoms with Crippen LogP contribution in [0.15, 0.2) is 47.4 Å². The molecule has 2 N–H and O–H groups in total. The summed E-state index contributed by atoms with van der Waals surface area (Å²) in [5.74, 6) is 0.288. The lowest BCUT2D eigenvalue weighted by Gasteiger charge is -2.12. The van der Waals surface area contributed by atoms with Gasteiger partial charge in [0.2, 0.25) is 0 Å². The fourth-order valence-corrected chi connectivity index (χ4v) is 3.53. The molecule has 0 fully saturated rings. The van der Waals surface area contributed by atoms with Crippen molar-refractivity contribution in [2.45, 2.75) is 38.5 Å². The van der Waals surface area contributed by atoms with E-state index in [1.165, 1.54) is 12.1 Å². The fourth-order valence-electron chi connectivity index (χ4n) is 2.39. The van der Waals surface area contributed by atoms with Gasteiger partial charge < -0.3 is 10.1 Å². The number of sulfonamides is 1. The monoisotopic (exact) mass is 390 g/mol. The topological polar surface area (TPSA) is 84.5 Å². The summed E-state index contributed by atoms with van der Waals surface area (Å²) >= 11 is 0. The number of ether oxygens (including phenoxy) is 1. The minimum absolute atomic E-state index is 0.0989. The van der Waals surface area contributed by atoms with Crippen molar-refractivity contribution in [1.82, 2.24) is 5.32 Å². The Balaban J connectivity index is 2.02. The molecule has 0 unspecified atom stereocenters. The van der Waals surface area contributed by atoms with Gasteiger partial charge in [-0.1, -0.05) is 31.0 Å². The van der Waals surface area contributed by atoms with Crippen LogP contribution in [-0.2, 0) is 14.8 Å². The highest BCUT2D eigenvalue weighted by Crippen LogP contribution is 2.23. The number of anilines is 1. The van der Waals surface area contributed by atoms with Crippen molar-refractivity contribution in [3.05, 3.63) is 53.6 Å². The van der Waals surface area contributed by atoms with E-state index in [1.54, 1.807) is 25.1 Å². The molecule has 0 bridgehead atoms. The molecule has 2 aromatic carbocycles. The molecule has 1 amide bonds. The zero-order chi connectivity index (χ0) is 19.9. The highest BCUT2D eigenvalue weighted by atomic mass is 32.2. The Labute approximate surface area is 161 Å². The molecule has 2 aromatic rings. The Morgan fingerprint density at radius 1 is 1.07 bits per heavy atom. The van der Waals surface area contributed by atoms with Crippen LogP contribution in [0.5, 0.6) is 5.75 Å². The molecule has 0 radical (unpaired) electrons. The predicted molar refractivity (Wildman–Crippen MR) is 107 cm³/mol. The van der Waals surface area contributed by atoms with Crippen molar-refractivity contribution in [3.8, 4) is 5.75 Å². The van der Waals surface area contributed by atoms with Crippen molar-refractivity contribution in [2.75, 3.05) is 17.9 Å². The first-order valence-electron chi connectivity index (χ1n) is 8.91. The van der Waals surface area contributed by atoms with Crippen molar-refractivity contribution < 1.29 is 17.9 Å². The summed E-state index contributed by atoms with van der Waals surface area (Å²) in [4.78, 5) is 11.9. The Bertz CT molecular complexity index is 877. The summed E-state index contributed by atoms with van der Waals surface area (Å²) in [5.41, 5.74) is 2.19. The van der Waals surface area contributed by atoms with Crippen LogP contribution < -0.4 is 14.8 Å². The second-order valence-corrected chi connectivity index (χ2v) is 8.07. The number of hydrogen-bond donors (Lipinski definition) is 2. The zero-order valence-corrected chi connectivity index (χ0v) is 16.7. The molecule has 0 saturated carbocycles. The molecule has 0 saturated heterocycles. The molecule has 0 heterocycles. The fraction of sp³-hybridized carbons (Fsp3) is 0.350. The van der Waals surface area contributed by atoms with Gasteiger partial charge in [-0.25, -0.2) is 8.42 Å². The molecule has 0 aromatic heterocycles. The van der Waals surface area contributed by atoms with Crippen LogP contribution in [-0.4, -0.2) is 27.5 Å². The summed E-state index contributed by atoms with van der Waals surface area (Å²) in [5, 5.41) is 2.77. The van der Waals surface area contributed by atoms with Gasteiger partial charge >= 0.3 is 0 Å². The average Bonchev–Trinajstić information content (AvgIpc) is 2.62. The normalized spacial score (nSPS) is 11.1. The van der Waals surface area contributed by atoms with E-state index in [0.717, 1.165) is 18.4 Å². The third-order valence-corrected chi connectivity index (χ3v) is 5.35. The Hall–Kier alpha value is -2.54. The van der Waals surface area contributed by atoms with Gasteiger partial charge in [0.15, 0.2) is 6.61 Å². The SMILES string of the molecule is CCCCNC(=O)COc1ccc(S(=O)(=O)Nc2ccc(C)cc2)cc1C. The van der Waals surface area contributed by atoms with E-state index in [0.29, 0.717) is 23.5 Å². The number of unbranched alkanes of at least 4 members (excludes halogenated alkanes) is 1. The Kier molecular flexibility index (Phi) is 7.24. The van der Waals surface area contributed by atoms with E-state index >= 15 is 0 Å². The summed E-state index contributed by atoms with van der Waals surface area (Å²) in [6.07, 6.45) is 1.93. The van der Waals surface area contributed by atoms with Crippen LogP contribution in [0.25, 0.3) is 0 Å². The van der Waals surface area contributed by atoms with Gasteiger partial charge in [0.1, 0.15) is 5.75 Å². The predicted octanol–water partition coefficient (Wildman–Crippen LogP) is 3.40. The van der Waals surface area contributed by atoms with E-state index in [2.05, 4.69) is 17.0 Å². The highest BCUT2D eigenvalue weighted by molar-refractivity contribution is 7.92. The molecular formula is C20H26N2O4S. The van der Waals surface area contributed by atoms with E-state index in [1.807, 2.05) is 19.1 Å². The van der Waals surface area contributed by atoms with Gasteiger partial charge in [-0.15, -0.1) is 0 Å². The number of rotatable bonds is 9. The summed E-state index contributed by atoms with van der Waals surface area (Å²) in [7, 11) is -3.70. The lowest BCUT2D eigenvalue weighted by molar-refractivity contribution is -0.123. The van der Waals surface area contributed by atoms with Crippen molar-refractivity contribution in [1.29, 1.82) is 0 Å². The number of carbonyl (C=O) groups excluding carboxylic acids is 1. The number of nitrogens with one attached hydrogen (secondary N) is 2. The molecule has 7 heteroatoms. The third kappa shape index (κ3) is 6.29. The van der Waals surface area contributed by atoms with Crippen molar-refractivity contribution in [2.24, 2.45) is 0 Å². The molecular weight excluding hydrogens is 364 g/mol. The molecule has 0 aliphatic heterocycles. The average molecular weight is 391 g/mol. The minimum atomic E-state index is -3.70. The Morgan fingerprint density at radius 2 is 1.78 bits per heavy atom. The highest BCUT2D eigenvalue weighted by Gasteiger charge is 2.16. The molecule has 0 aliphatic carbocycles. The van der Waals surface area contributed by atoms with Crippen LogP contribution >= 0.6 is 0 Å². The maximum Gasteiger partial charge on any atom is 0.261 e. The maximum atomic E-state index is 12.5. The number of carbonyl (C=O) groups is 1. The summed E-state index contributed by atoms with van der Waals surface area (Å²) in [6, 6.07) is 11.7. The van der Waals surface area contributed by atoms with Gasteiger partial charge in [0.25, 0.3) is 15.9 Å². The number of amides is 1. The van der Waals surface area contributed by atoms with Gasteiger partial charge in [-0.3, -0.25) is 9.52 Å². The van der Waals surface area contributed by atoms with E-state index < -0.39 is 10.0 Å². The van der Waals surface area contributed by atoms with Crippen LogP contribution in [0.3, 0.4) is 0 Å². The lowest BCUT2D eigenvalue weighted by Crippen LogP contribution is -2.29. The summed E-state index contributed by atoms with van der Waals surface area (Å²) < 4.78 is 33.1. The quantitative estimate of drug-likeness (QED) is 0.643. The van der Waals surface area contributed by atoms with E-state index in [-0.39, 0.29) is 17.4 Å². The smallest absolute Gasteiger partial charge is 0.261 e. The molecule has 0 atom stereocenters. The van der Waals surface area contributed by atoms with Gasteiger partial charge in [-0.2, -0.15) is 0 Å². The molecule has 146 valence electrons. The molecule has 27 heavy (non-hydrogen) atoms. The van der Waals surface area contributed by atoms with Gasteiger partial charge in [0.05, 0.1) is 4.90 Å². The molecule has 0 spiro atoms. The first kappa shape index (κ1) is 20.8. The van der Waals surface area contributed by atoms with Crippen molar-refractivity contribution in [3.63, 3.8) is 0 Å². The molecule has 0 aliphatic rings. The van der Waals surface area contributed by atoms with Crippen LogP contribution in [0.2, 0.25) is 0 Å². The van der Waals surface area contributed by atoms with Crippen LogP contribution in [0.1, 0.15) is 30.9 Å². The summed E-state index contributed by atoms with van der Waals surface area (Å²) in [6.45, 7) is 6.26. The number of aryl methyl sites for hydroxylation is 2. The molecule has 2 rings (SSSR count). The number of hydrogen-bond acceptors (Lipinski definition) is 4. The lowest BCUT2D eigenvalue weighted by atomic mass is 10.2. The third-order valence-electron chi connectivity index (χ3n) is 3.97. The van der Waals surface area contributed by atoms with E-state index in [9.17, 15) is 13.2 Å². The standard InChI is InChI=1S/C20H26N2O4S/c1-4-5-12-21-20(23)14-26-19-11-10-18(13-16(19)3)27(24,25)22-17-8-6-15(2)7-9-17/h6-11,13,22H,4-5,12,14H2,1-3H3,(H,21,23). The second-order valence-electron chi connectivity index (χ2n) is 6.39. The minimum Gasteiger partial charge on any atom is -0.484 e. The molecule has 6 nitrogen and oxygen atoms in total. The van der Waals surface area contributed by atoms with Crippen molar-refractivity contribution >= 4 is 21.6 Å². The largest absolute Gasteiger partial charge is 0.484 e. The first-order chi connectivity index (χ1) is 12.8.